The summed E-state index contributed by atoms with van der Waals surface area (Å²) in [6, 6.07) is 1.29. The first kappa shape index (κ1) is 12.2. The summed E-state index contributed by atoms with van der Waals surface area (Å²) in [5.74, 6) is -0.804. The molecular weight excluding hydrogens is 212 g/mol. The van der Waals surface area contributed by atoms with E-state index in [4.69, 9.17) is 5.11 Å². The molecule has 6 heteroatoms. The minimum Gasteiger partial charge on any atom is -0.481 e. The predicted molar refractivity (Wildman–Crippen MR) is 57.4 cm³/mol. The maximum Gasteiger partial charge on any atom is 0.328 e. The summed E-state index contributed by atoms with van der Waals surface area (Å²) in [6.07, 6.45) is 3.67. The molecule has 16 heavy (non-hydrogen) atoms. The van der Waals surface area contributed by atoms with Crippen LogP contribution in [0.15, 0.2) is 21.9 Å². The quantitative estimate of drug-likeness (QED) is 0.677. The lowest BCUT2D eigenvalue weighted by molar-refractivity contribution is -0.137. The summed E-state index contributed by atoms with van der Waals surface area (Å²) in [5.41, 5.74) is -0.835. The fourth-order valence-corrected chi connectivity index (χ4v) is 1.36. The molecule has 0 saturated heterocycles. The van der Waals surface area contributed by atoms with Crippen LogP contribution in [0.5, 0.6) is 0 Å². The summed E-state index contributed by atoms with van der Waals surface area (Å²) < 4.78 is 1.40. The summed E-state index contributed by atoms with van der Waals surface area (Å²) in [7, 11) is 0. The minimum atomic E-state index is -0.804. The van der Waals surface area contributed by atoms with Crippen LogP contribution in [0.3, 0.4) is 0 Å². The summed E-state index contributed by atoms with van der Waals surface area (Å²) in [5, 5.41) is 8.41. The van der Waals surface area contributed by atoms with Gasteiger partial charge >= 0.3 is 11.7 Å². The molecule has 0 aromatic carbocycles. The van der Waals surface area contributed by atoms with Gasteiger partial charge in [0.15, 0.2) is 0 Å². The van der Waals surface area contributed by atoms with E-state index in [2.05, 4.69) is 4.98 Å². The van der Waals surface area contributed by atoms with Gasteiger partial charge in [-0.2, -0.15) is 0 Å². The van der Waals surface area contributed by atoms with Gasteiger partial charge in [0.25, 0.3) is 5.56 Å². The average Bonchev–Trinajstić information content (AvgIpc) is 2.20. The Kier molecular flexibility index (Phi) is 4.50. The Morgan fingerprint density at radius 1 is 1.31 bits per heavy atom. The molecule has 0 aliphatic rings. The number of nitrogens with one attached hydrogen (secondary N) is 1. The Labute approximate surface area is 91.5 Å². The van der Waals surface area contributed by atoms with Crippen LogP contribution >= 0.6 is 0 Å². The molecule has 0 unspecified atom stereocenters. The van der Waals surface area contributed by atoms with Gasteiger partial charge in [0.1, 0.15) is 0 Å². The number of carboxylic acid groups (broad SMARTS) is 1. The van der Waals surface area contributed by atoms with Gasteiger partial charge in [-0.25, -0.2) is 4.79 Å². The topological polar surface area (TPSA) is 92.2 Å². The number of hydrogen-bond donors (Lipinski definition) is 2. The van der Waals surface area contributed by atoms with Crippen molar-refractivity contribution in [3.05, 3.63) is 33.1 Å². The molecule has 0 saturated carbocycles. The van der Waals surface area contributed by atoms with Crippen LogP contribution < -0.4 is 11.2 Å². The first-order valence-corrected chi connectivity index (χ1v) is 5.11. The average molecular weight is 226 g/mol. The van der Waals surface area contributed by atoms with Gasteiger partial charge in [0.05, 0.1) is 0 Å². The van der Waals surface area contributed by atoms with Crippen molar-refractivity contribution in [2.75, 3.05) is 0 Å². The SMILES string of the molecule is O=C(O)CCCCCn1ccc(=O)[nH]c1=O. The fraction of sp³-hybridized carbons (Fsp3) is 0.500. The van der Waals surface area contributed by atoms with E-state index in [1.807, 2.05) is 0 Å². The number of nitrogens with zero attached hydrogens (tertiary/aromatic N) is 1. The predicted octanol–water partition coefficient (Wildman–Crippen LogP) is 0.182. The van der Waals surface area contributed by atoms with Crippen molar-refractivity contribution in [1.82, 2.24) is 9.55 Å². The number of aliphatic carboxylic acids is 1. The van der Waals surface area contributed by atoms with E-state index in [-0.39, 0.29) is 6.42 Å². The zero-order valence-electron chi connectivity index (χ0n) is 8.81. The van der Waals surface area contributed by atoms with E-state index < -0.39 is 17.2 Å². The maximum absolute atomic E-state index is 11.2. The molecule has 1 heterocycles. The second kappa shape index (κ2) is 5.89. The molecular formula is C10H14N2O4. The second-order valence-electron chi connectivity index (χ2n) is 3.51. The normalized spacial score (nSPS) is 10.2. The highest BCUT2D eigenvalue weighted by Gasteiger charge is 1.98. The number of hydrogen-bond acceptors (Lipinski definition) is 3. The number of aryl methyl sites for hydroxylation is 1. The highest BCUT2D eigenvalue weighted by molar-refractivity contribution is 5.66. The number of aromatic amines is 1. The van der Waals surface area contributed by atoms with Gasteiger partial charge in [0, 0.05) is 25.2 Å². The molecule has 6 nitrogen and oxygen atoms in total. The highest BCUT2D eigenvalue weighted by atomic mass is 16.4. The molecule has 88 valence electrons. The smallest absolute Gasteiger partial charge is 0.328 e. The van der Waals surface area contributed by atoms with Crippen molar-refractivity contribution in [3.8, 4) is 0 Å². The molecule has 0 aliphatic carbocycles. The first-order chi connectivity index (χ1) is 7.59. The van der Waals surface area contributed by atoms with Crippen LogP contribution in [0.4, 0.5) is 0 Å². The molecule has 1 rings (SSSR count). The third-order valence-electron chi connectivity index (χ3n) is 2.19. The van der Waals surface area contributed by atoms with Gasteiger partial charge < -0.3 is 9.67 Å². The largest absolute Gasteiger partial charge is 0.481 e. The number of H-pyrrole nitrogens is 1. The van der Waals surface area contributed by atoms with Crippen LogP contribution in [0.2, 0.25) is 0 Å². The van der Waals surface area contributed by atoms with Crippen LogP contribution in [-0.2, 0) is 11.3 Å². The first-order valence-electron chi connectivity index (χ1n) is 5.11. The van der Waals surface area contributed by atoms with Gasteiger partial charge in [0.2, 0.25) is 0 Å². The molecule has 0 fully saturated rings. The van der Waals surface area contributed by atoms with E-state index in [0.29, 0.717) is 13.0 Å². The number of unbranched alkanes of at least 4 members (excludes halogenated alkanes) is 2. The molecule has 0 spiro atoms. The molecule has 0 amide bonds. The molecule has 2 N–H and O–H groups in total. The van der Waals surface area contributed by atoms with Crippen molar-refractivity contribution in [3.63, 3.8) is 0 Å². The van der Waals surface area contributed by atoms with Crippen LogP contribution in [0.1, 0.15) is 25.7 Å². The maximum atomic E-state index is 11.2. The lowest BCUT2D eigenvalue weighted by Gasteiger charge is -2.03. The van der Waals surface area contributed by atoms with Crippen LogP contribution in [0, 0.1) is 0 Å². The third kappa shape index (κ3) is 4.12. The monoisotopic (exact) mass is 226 g/mol. The summed E-state index contributed by atoms with van der Waals surface area (Å²) >= 11 is 0. The Morgan fingerprint density at radius 2 is 2.06 bits per heavy atom. The van der Waals surface area contributed by atoms with E-state index in [9.17, 15) is 14.4 Å². The number of rotatable bonds is 6. The van der Waals surface area contributed by atoms with Crippen molar-refractivity contribution >= 4 is 5.97 Å². The zero-order valence-corrected chi connectivity index (χ0v) is 8.81. The molecule has 0 atom stereocenters. The van der Waals surface area contributed by atoms with E-state index in [1.54, 1.807) is 0 Å². The lowest BCUT2D eigenvalue weighted by atomic mass is 10.2. The van der Waals surface area contributed by atoms with Gasteiger partial charge in [-0.1, -0.05) is 6.42 Å². The van der Waals surface area contributed by atoms with Crippen LogP contribution in [0.25, 0.3) is 0 Å². The van der Waals surface area contributed by atoms with Gasteiger partial charge in [-0.15, -0.1) is 0 Å². The zero-order chi connectivity index (χ0) is 12.0. The molecule has 1 aromatic rings. The molecule has 0 bridgehead atoms. The minimum absolute atomic E-state index is 0.153. The van der Waals surface area contributed by atoms with Crippen molar-refractivity contribution in [1.29, 1.82) is 0 Å². The van der Waals surface area contributed by atoms with Crippen molar-refractivity contribution in [2.24, 2.45) is 0 Å². The summed E-state index contributed by atoms with van der Waals surface area (Å²) in [4.78, 5) is 34.4. The Morgan fingerprint density at radius 3 is 2.69 bits per heavy atom. The van der Waals surface area contributed by atoms with E-state index in [0.717, 1.165) is 12.8 Å². The van der Waals surface area contributed by atoms with Crippen molar-refractivity contribution < 1.29 is 9.90 Å². The number of aromatic nitrogens is 2. The lowest BCUT2D eigenvalue weighted by Crippen LogP contribution is -2.28. The number of carboxylic acids is 1. The molecule has 0 aliphatic heterocycles. The van der Waals surface area contributed by atoms with Crippen LogP contribution in [-0.4, -0.2) is 20.6 Å². The molecule has 0 radical (unpaired) electrons. The van der Waals surface area contributed by atoms with Crippen molar-refractivity contribution in [2.45, 2.75) is 32.2 Å². The highest BCUT2D eigenvalue weighted by Crippen LogP contribution is 2.00. The Bertz CT molecular complexity index is 460. The van der Waals surface area contributed by atoms with E-state index in [1.165, 1.54) is 16.8 Å². The second-order valence-corrected chi connectivity index (χ2v) is 3.51. The van der Waals surface area contributed by atoms with E-state index >= 15 is 0 Å². The summed E-state index contributed by atoms with van der Waals surface area (Å²) in [6.45, 7) is 0.495. The third-order valence-corrected chi connectivity index (χ3v) is 2.19. The fourth-order valence-electron chi connectivity index (χ4n) is 1.36. The van der Waals surface area contributed by atoms with Gasteiger partial charge in [-0.3, -0.25) is 14.6 Å². The Hall–Kier alpha value is -1.85. The number of carbonyl (C=O) groups is 1. The Balaban J connectivity index is 2.35. The molecule has 1 aromatic heterocycles. The standard InChI is InChI=1S/C10H14N2O4/c13-8-5-7-12(10(16)11-8)6-3-1-2-4-9(14)15/h5,7H,1-4,6H2,(H,14,15)(H,11,13,16). The van der Waals surface area contributed by atoms with Gasteiger partial charge in [-0.05, 0) is 12.8 Å².